The predicted molar refractivity (Wildman–Crippen MR) is 198 cm³/mol. The summed E-state index contributed by atoms with van der Waals surface area (Å²) in [4.78, 5) is 66.3. The number of nitrogens with one attached hydrogen (secondary N) is 1. The third-order valence-electron chi connectivity index (χ3n) is 10.3. The number of hydrogen-bond donors (Lipinski definition) is 3. The van der Waals surface area contributed by atoms with Gasteiger partial charge in [0.05, 0.1) is 12.1 Å². The smallest absolute Gasteiger partial charge is 0.253 e. The molecule has 0 saturated heterocycles. The third-order valence-corrected chi connectivity index (χ3v) is 10.3. The number of carbonyl (C=O) groups is 5. The van der Waals surface area contributed by atoms with E-state index >= 15 is 4.39 Å². The Bertz CT molecular complexity index is 1870. The molecule has 54 heavy (non-hydrogen) atoms. The van der Waals surface area contributed by atoms with Crippen molar-refractivity contribution in [2.75, 3.05) is 26.2 Å². The average Bonchev–Trinajstić information content (AvgIpc) is 3.85. The van der Waals surface area contributed by atoms with Gasteiger partial charge in [-0.15, -0.1) is 0 Å². The van der Waals surface area contributed by atoms with Crippen molar-refractivity contribution in [1.82, 2.24) is 19.7 Å². The Labute approximate surface area is 314 Å². The number of Topliss-reactive ketones (excluding diaryl/α,β-unsaturated/α-hetero) is 1. The first-order valence-corrected chi connectivity index (χ1v) is 18.4. The van der Waals surface area contributed by atoms with Crippen LogP contribution < -0.4 is 11.1 Å². The summed E-state index contributed by atoms with van der Waals surface area (Å²) >= 11 is 0. The number of imide groups is 1. The van der Waals surface area contributed by atoms with E-state index in [1.165, 1.54) is 17.1 Å². The molecule has 0 radical (unpaired) electrons. The molecule has 1 aromatic heterocycles. The van der Waals surface area contributed by atoms with Crippen LogP contribution in [0, 0.1) is 28.9 Å². The zero-order valence-corrected chi connectivity index (χ0v) is 31.0. The van der Waals surface area contributed by atoms with Crippen molar-refractivity contribution in [2.24, 2.45) is 23.0 Å². The minimum atomic E-state index is -0.961. The van der Waals surface area contributed by atoms with Crippen LogP contribution in [0.25, 0.3) is 11.1 Å². The summed E-state index contributed by atoms with van der Waals surface area (Å²) < 4.78 is 31.3. The first-order valence-electron chi connectivity index (χ1n) is 18.4. The molecule has 11 nitrogen and oxygen atoms in total. The van der Waals surface area contributed by atoms with E-state index in [2.05, 4.69) is 5.32 Å². The largest absolute Gasteiger partial charge is 0.387 e. The van der Waals surface area contributed by atoms with E-state index in [0.29, 0.717) is 30.6 Å². The van der Waals surface area contributed by atoms with Crippen LogP contribution in [-0.2, 0) is 30.5 Å². The Balaban J connectivity index is 1.32. The zero-order chi connectivity index (χ0) is 39.2. The van der Waals surface area contributed by atoms with Crippen LogP contribution in [0.15, 0.2) is 72.9 Å². The van der Waals surface area contributed by atoms with Crippen molar-refractivity contribution in [2.45, 2.75) is 71.5 Å². The minimum absolute atomic E-state index is 0.0196. The molecule has 4 N–H and O–H groups in total. The number of rotatable bonds is 16. The van der Waals surface area contributed by atoms with Crippen molar-refractivity contribution in [3.63, 3.8) is 0 Å². The maximum absolute atomic E-state index is 15.1. The van der Waals surface area contributed by atoms with Crippen molar-refractivity contribution >= 4 is 29.4 Å². The number of nitrogens with zero attached hydrogens (tertiary/aromatic N) is 3. The molecule has 2 heterocycles. The van der Waals surface area contributed by atoms with Gasteiger partial charge in [0.25, 0.3) is 11.8 Å². The Kier molecular flexibility index (Phi) is 13.0. The van der Waals surface area contributed by atoms with Crippen molar-refractivity contribution in [3.8, 4) is 11.1 Å². The Morgan fingerprint density at radius 1 is 1.02 bits per heavy atom. The Hall–Kier alpha value is -5.01. The number of aliphatic hydroxyl groups excluding tert-OH is 1. The maximum atomic E-state index is 15.1. The lowest BCUT2D eigenvalue weighted by Gasteiger charge is -2.41. The molecule has 288 valence electrons. The molecule has 2 aliphatic rings. The van der Waals surface area contributed by atoms with E-state index in [1.807, 2.05) is 55.7 Å². The number of halogens is 2. The quantitative estimate of drug-likeness (QED) is 0.182. The van der Waals surface area contributed by atoms with E-state index in [-0.39, 0.29) is 55.6 Å². The molecule has 3 aromatic rings. The summed E-state index contributed by atoms with van der Waals surface area (Å²) in [7, 11) is 0. The lowest BCUT2D eigenvalue weighted by Crippen LogP contribution is -2.46. The maximum Gasteiger partial charge on any atom is 0.253 e. The van der Waals surface area contributed by atoms with Gasteiger partial charge in [-0.25, -0.2) is 8.78 Å². The third kappa shape index (κ3) is 9.55. The summed E-state index contributed by atoms with van der Waals surface area (Å²) in [5.41, 5.74) is 7.87. The molecule has 1 fully saturated rings. The number of carbonyl (C=O) groups excluding carboxylic acids is 5. The topological polar surface area (TPSA) is 155 Å². The van der Waals surface area contributed by atoms with E-state index in [1.54, 1.807) is 12.3 Å². The number of nitrogens with two attached hydrogens (primary N) is 1. The van der Waals surface area contributed by atoms with Crippen LogP contribution in [0.1, 0.15) is 70.2 Å². The highest BCUT2D eigenvalue weighted by Gasteiger charge is 2.39. The first kappa shape index (κ1) is 40.2. The van der Waals surface area contributed by atoms with Gasteiger partial charge >= 0.3 is 0 Å². The Morgan fingerprint density at radius 3 is 2.39 bits per heavy atom. The second-order valence-corrected chi connectivity index (χ2v) is 15.2. The van der Waals surface area contributed by atoms with Crippen LogP contribution in [0.4, 0.5) is 8.78 Å². The molecular weight excluding hydrogens is 696 g/mol. The van der Waals surface area contributed by atoms with Gasteiger partial charge in [0.15, 0.2) is 0 Å². The molecule has 5 rings (SSSR count). The van der Waals surface area contributed by atoms with Gasteiger partial charge in [0, 0.05) is 73.7 Å². The molecule has 1 aliphatic carbocycles. The van der Waals surface area contributed by atoms with Crippen LogP contribution in [0.5, 0.6) is 0 Å². The normalized spacial score (nSPS) is 18.2. The summed E-state index contributed by atoms with van der Waals surface area (Å²) in [5, 5.41) is 13.0. The van der Waals surface area contributed by atoms with Crippen molar-refractivity contribution in [1.29, 1.82) is 0 Å². The summed E-state index contributed by atoms with van der Waals surface area (Å²) in [6.45, 7) is 5.55. The van der Waals surface area contributed by atoms with Crippen LogP contribution >= 0.6 is 0 Å². The highest BCUT2D eigenvalue weighted by Crippen LogP contribution is 2.41. The number of benzene rings is 2. The van der Waals surface area contributed by atoms with Crippen LogP contribution in [-0.4, -0.2) is 81.2 Å². The monoisotopic (exact) mass is 745 g/mol. The van der Waals surface area contributed by atoms with Gasteiger partial charge in [0.2, 0.25) is 11.8 Å². The van der Waals surface area contributed by atoms with Gasteiger partial charge < -0.3 is 25.6 Å². The highest BCUT2D eigenvalue weighted by atomic mass is 19.1. The fourth-order valence-corrected chi connectivity index (χ4v) is 7.65. The summed E-state index contributed by atoms with van der Waals surface area (Å²) in [6.07, 6.45) is 6.27. The van der Waals surface area contributed by atoms with Crippen molar-refractivity contribution < 1.29 is 37.9 Å². The number of hydrogen-bond acceptors (Lipinski definition) is 7. The standard InChI is InChI=1S/C41H49F2N5O6/c1-41(2,3)39(34-20-28(31-22-29(42)12-13-32(31)43)24-46(34)23-26-8-5-4-6-9-26)48(38(53)25-49)18-16-33(44)35(50)21-27-10-7-11-30(27)40(54)45-17-19-47-36(51)14-15-37(47)52/h4-6,8-9,12-15,20,22,24,27,30,33,39,49H,7,10-11,16-19,21,23,25,44H2,1-3H3,(H,45,54)/t27-,30-,33+,39+/m1/s1. The molecule has 1 saturated carbocycles. The van der Waals surface area contributed by atoms with Gasteiger partial charge in [-0.05, 0) is 60.4 Å². The second-order valence-electron chi connectivity index (χ2n) is 15.2. The zero-order valence-electron chi connectivity index (χ0n) is 31.0. The fourth-order valence-electron chi connectivity index (χ4n) is 7.65. The predicted octanol–water partition coefficient (Wildman–Crippen LogP) is 4.52. The molecule has 1 aliphatic heterocycles. The summed E-state index contributed by atoms with van der Waals surface area (Å²) in [6, 6.07) is 12.9. The van der Waals surface area contributed by atoms with E-state index in [9.17, 15) is 33.5 Å². The lowest BCUT2D eigenvalue weighted by atomic mass is 9.82. The molecule has 13 heteroatoms. The molecule has 0 unspecified atom stereocenters. The van der Waals surface area contributed by atoms with E-state index in [4.69, 9.17) is 5.73 Å². The van der Waals surface area contributed by atoms with Crippen LogP contribution in [0.3, 0.4) is 0 Å². The highest BCUT2D eigenvalue weighted by molar-refractivity contribution is 6.12. The average molecular weight is 746 g/mol. The molecule has 0 spiro atoms. The minimum Gasteiger partial charge on any atom is -0.387 e. The van der Waals surface area contributed by atoms with Gasteiger partial charge in [0.1, 0.15) is 24.0 Å². The van der Waals surface area contributed by atoms with Gasteiger partial charge in [-0.1, -0.05) is 57.5 Å². The molecule has 2 aromatic carbocycles. The van der Waals surface area contributed by atoms with E-state index < -0.39 is 59.4 Å². The molecule has 4 atom stereocenters. The fraction of sp³-hybridized carbons (Fsp3) is 0.439. The Morgan fingerprint density at radius 2 is 1.72 bits per heavy atom. The van der Waals surface area contributed by atoms with Gasteiger partial charge in [-0.3, -0.25) is 28.9 Å². The SMILES string of the molecule is CC(C)(C)[C@H](c1cc(-c2cc(F)ccc2F)cn1Cc1ccccc1)N(CC[C@H](N)C(=O)C[C@H]1CCC[C@H]1C(=O)NCCN1C(=O)C=CC1=O)C(=O)CO. The summed E-state index contributed by atoms with van der Waals surface area (Å²) in [5.74, 6) is -3.78. The number of amides is 4. The molecular formula is C41H49F2N5O6. The van der Waals surface area contributed by atoms with Crippen molar-refractivity contribution in [3.05, 3.63) is 95.8 Å². The number of ketones is 1. The van der Waals surface area contributed by atoms with E-state index in [0.717, 1.165) is 35.1 Å². The molecule has 4 amide bonds. The lowest BCUT2D eigenvalue weighted by molar-refractivity contribution is -0.140. The second kappa shape index (κ2) is 17.4. The molecule has 0 bridgehead atoms. The van der Waals surface area contributed by atoms with Gasteiger partial charge in [-0.2, -0.15) is 0 Å². The first-order chi connectivity index (χ1) is 25.7. The van der Waals surface area contributed by atoms with Crippen LogP contribution in [0.2, 0.25) is 0 Å². The number of aliphatic hydroxyl groups is 1. The number of aromatic nitrogens is 1.